The summed E-state index contributed by atoms with van der Waals surface area (Å²) in [4.78, 5) is 0. The van der Waals surface area contributed by atoms with Crippen LogP contribution in [-0.2, 0) is 6.61 Å². The van der Waals surface area contributed by atoms with Crippen LogP contribution in [0.4, 0.5) is 4.39 Å². The molecule has 30 heavy (non-hydrogen) atoms. The zero-order valence-corrected chi connectivity index (χ0v) is 17.7. The molecule has 0 aliphatic carbocycles. The van der Waals surface area contributed by atoms with E-state index in [2.05, 4.69) is 6.07 Å². The highest BCUT2D eigenvalue weighted by molar-refractivity contribution is 6.36. The number of hydrogen-bond acceptors (Lipinski definition) is 3. The third kappa shape index (κ3) is 5.33. The van der Waals surface area contributed by atoms with E-state index in [1.165, 1.54) is 6.07 Å². The normalized spacial score (nSPS) is 11.1. The Hall–Kier alpha value is -3.00. The van der Waals surface area contributed by atoms with Crippen LogP contribution in [0.15, 0.2) is 60.7 Å². The first-order valence-corrected chi connectivity index (χ1v) is 9.97. The van der Waals surface area contributed by atoms with Crippen LogP contribution in [-0.4, -0.2) is 6.61 Å². The molecule has 0 aliphatic heterocycles. The van der Waals surface area contributed by atoms with Crippen LogP contribution in [0.25, 0.3) is 11.6 Å². The second-order valence-electron chi connectivity index (χ2n) is 6.31. The smallest absolute Gasteiger partial charge is 0.161 e. The Morgan fingerprint density at radius 1 is 1.03 bits per heavy atom. The molecule has 0 unspecified atom stereocenters. The fourth-order valence-electron chi connectivity index (χ4n) is 2.82. The van der Waals surface area contributed by atoms with Crippen LogP contribution in [0.3, 0.4) is 0 Å². The van der Waals surface area contributed by atoms with Gasteiger partial charge in [-0.2, -0.15) is 5.26 Å². The van der Waals surface area contributed by atoms with Gasteiger partial charge in [-0.1, -0.05) is 53.5 Å². The van der Waals surface area contributed by atoms with Crippen LogP contribution in [0, 0.1) is 17.1 Å². The number of nitriles is 1. The molecule has 0 aliphatic rings. The Balaban J connectivity index is 1.89. The average molecular weight is 442 g/mol. The summed E-state index contributed by atoms with van der Waals surface area (Å²) < 4.78 is 25.3. The van der Waals surface area contributed by atoms with Crippen molar-refractivity contribution >= 4 is 34.9 Å². The molecule has 0 saturated carbocycles. The van der Waals surface area contributed by atoms with Gasteiger partial charge in [0.15, 0.2) is 11.5 Å². The Morgan fingerprint density at radius 3 is 2.53 bits per heavy atom. The van der Waals surface area contributed by atoms with Crippen molar-refractivity contribution in [1.82, 2.24) is 0 Å². The second kappa shape index (κ2) is 10.2. The van der Waals surface area contributed by atoms with E-state index in [4.69, 9.17) is 32.7 Å². The Morgan fingerprint density at radius 2 is 1.83 bits per heavy atom. The standard InChI is InChI=1S/C24H18Cl2FNO2/c1-2-29-24-12-16(11-18(14-28)20-9-8-19(25)13-21(20)26)7-10-23(24)30-15-17-5-3-4-6-22(17)27/h3-13H,2,15H2,1H3/b18-11+. The van der Waals surface area contributed by atoms with Crippen molar-refractivity contribution < 1.29 is 13.9 Å². The molecule has 3 rings (SSSR count). The lowest BCUT2D eigenvalue weighted by atomic mass is 10.0. The zero-order chi connectivity index (χ0) is 21.5. The fraction of sp³-hybridized carbons (Fsp3) is 0.125. The molecule has 0 saturated heterocycles. The summed E-state index contributed by atoms with van der Waals surface area (Å²) >= 11 is 12.2. The van der Waals surface area contributed by atoms with Crippen molar-refractivity contribution in [2.75, 3.05) is 6.61 Å². The summed E-state index contributed by atoms with van der Waals surface area (Å²) in [6.45, 7) is 2.36. The first-order chi connectivity index (χ1) is 14.5. The molecule has 0 radical (unpaired) electrons. The molecule has 3 aromatic rings. The van der Waals surface area contributed by atoms with E-state index in [1.54, 1.807) is 60.7 Å². The monoisotopic (exact) mass is 441 g/mol. The van der Waals surface area contributed by atoms with Gasteiger partial charge in [0.2, 0.25) is 0 Å². The number of rotatable bonds is 7. The minimum atomic E-state index is -0.325. The minimum absolute atomic E-state index is 0.0752. The maximum Gasteiger partial charge on any atom is 0.161 e. The molecule has 0 atom stereocenters. The highest BCUT2D eigenvalue weighted by Crippen LogP contribution is 2.32. The van der Waals surface area contributed by atoms with Crippen LogP contribution >= 0.6 is 23.2 Å². The van der Waals surface area contributed by atoms with Crippen molar-refractivity contribution in [1.29, 1.82) is 5.26 Å². The van der Waals surface area contributed by atoms with Gasteiger partial charge in [-0.25, -0.2) is 4.39 Å². The van der Waals surface area contributed by atoms with Gasteiger partial charge in [-0.15, -0.1) is 0 Å². The zero-order valence-electron chi connectivity index (χ0n) is 16.2. The molecule has 0 fully saturated rings. The number of allylic oxidation sites excluding steroid dienone is 1. The first-order valence-electron chi connectivity index (χ1n) is 9.22. The third-order valence-electron chi connectivity index (χ3n) is 4.26. The Kier molecular flexibility index (Phi) is 7.35. The SMILES string of the molecule is CCOc1cc(/C=C(\C#N)c2ccc(Cl)cc2Cl)ccc1OCc1ccccc1F. The summed E-state index contributed by atoms with van der Waals surface area (Å²) in [5, 5.41) is 10.5. The van der Waals surface area contributed by atoms with Crippen molar-refractivity contribution in [3.8, 4) is 17.6 Å². The number of nitrogens with zero attached hydrogens (tertiary/aromatic N) is 1. The van der Waals surface area contributed by atoms with E-state index >= 15 is 0 Å². The summed E-state index contributed by atoms with van der Waals surface area (Å²) in [6.07, 6.45) is 1.71. The highest BCUT2D eigenvalue weighted by atomic mass is 35.5. The third-order valence-corrected chi connectivity index (χ3v) is 4.81. The van der Waals surface area contributed by atoms with E-state index in [0.29, 0.717) is 44.9 Å². The minimum Gasteiger partial charge on any atom is -0.490 e. The van der Waals surface area contributed by atoms with Crippen molar-refractivity contribution in [3.05, 3.63) is 93.2 Å². The number of hydrogen-bond donors (Lipinski definition) is 0. The summed E-state index contributed by atoms with van der Waals surface area (Å²) in [5.74, 6) is 0.663. The van der Waals surface area contributed by atoms with Crippen molar-refractivity contribution in [3.63, 3.8) is 0 Å². The van der Waals surface area contributed by atoms with Gasteiger partial charge in [0.1, 0.15) is 12.4 Å². The summed E-state index contributed by atoms with van der Waals surface area (Å²) in [7, 11) is 0. The average Bonchev–Trinajstić information content (AvgIpc) is 2.73. The lowest BCUT2D eigenvalue weighted by molar-refractivity contribution is 0.266. The van der Waals surface area contributed by atoms with Gasteiger partial charge in [0, 0.05) is 16.1 Å². The molecule has 0 heterocycles. The van der Waals surface area contributed by atoms with E-state index in [9.17, 15) is 9.65 Å². The molecular formula is C24H18Cl2FNO2. The molecule has 0 aromatic heterocycles. The molecule has 0 N–H and O–H groups in total. The van der Waals surface area contributed by atoms with Crippen molar-refractivity contribution in [2.45, 2.75) is 13.5 Å². The van der Waals surface area contributed by atoms with Gasteiger partial charge >= 0.3 is 0 Å². The second-order valence-corrected chi connectivity index (χ2v) is 7.16. The maximum absolute atomic E-state index is 13.8. The van der Waals surface area contributed by atoms with Gasteiger partial charge in [-0.05, 0) is 48.9 Å². The predicted molar refractivity (Wildman–Crippen MR) is 118 cm³/mol. The van der Waals surface area contributed by atoms with E-state index in [1.807, 2.05) is 6.92 Å². The lowest BCUT2D eigenvalue weighted by Gasteiger charge is -2.13. The van der Waals surface area contributed by atoms with Gasteiger partial charge in [-0.3, -0.25) is 0 Å². The van der Waals surface area contributed by atoms with E-state index < -0.39 is 0 Å². The van der Waals surface area contributed by atoms with Gasteiger partial charge in [0.25, 0.3) is 0 Å². The number of halogens is 3. The Bertz CT molecular complexity index is 1120. The Labute approximate surface area is 184 Å². The molecule has 3 nitrogen and oxygen atoms in total. The molecule has 3 aromatic carbocycles. The van der Waals surface area contributed by atoms with Gasteiger partial charge in [0.05, 0.1) is 23.3 Å². The molecular weight excluding hydrogens is 424 g/mol. The largest absolute Gasteiger partial charge is 0.490 e. The van der Waals surface area contributed by atoms with Crippen LogP contribution in [0.2, 0.25) is 10.0 Å². The van der Waals surface area contributed by atoms with Gasteiger partial charge < -0.3 is 9.47 Å². The summed E-state index contributed by atoms with van der Waals surface area (Å²) in [5.41, 5.74) is 2.16. The van der Waals surface area contributed by atoms with E-state index in [0.717, 1.165) is 5.56 Å². The lowest BCUT2D eigenvalue weighted by Crippen LogP contribution is -2.01. The van der Waals surface area contributed by atoms with Crippen LogP contribution in [0.1, 0.15) is 23.6 Å². The highest BCUT2D eigenvalue weighted by Gasteiger charge is 2.11. The maximum atomic E-state index is 13.8. The first kappa shape index (κ1) is 21.7. The fourth-order valence-corrected chi connectivity index (χ4v) is 3.33. The molecule has 0 spiro atoms. The van der Waals surface area contributed by atoms with E-state index in [-0.39, 0.29) is 12.4 Å². The van der Waals surface area contributed by atoms with Crippen LogP contribution in [0.5, 0.6) is 11.5 Å². The van der Waals surface area contributed by atoms with Crippen molar-refractivity contribution in [2.24, 2.45) is 0 Å². The molecule has 6 heteroatoms. The molecule has 0 amide bonds. The number of benzene rings is 3. The van der Waals surface area contributed by atoms with Crippen LogP contribution < -0.4 is 9.47 Å². The molecule has 0 bridgehead atoms. The quantitative estimate of drug-likeness (QED) is 0.288. The topological polar surface area (TPSA) is 42.2 Å². The molecule has 152 valence electrons. The number of ether oxygens (including phenoxy) is 2. The predicted octanol–water partition coefficient (Wildman–Crippen LogP) is 7.17. The summed E-state index contributed by atoms with van der Waals surface area (Å²) in [6, 6.07) is 18.9.